The fourth-order valence-electron chi connectivity index (χ4n) is 1.65. The molecule has 84 valence electrons. The maximum atomic E-state index is 11.2. The number of hydrogen-bond acceptors (Lipinski definition) is 5. The molecule has 1 fully saturated rings. The van der Waals surface area contributed by atoms with Crippen LogP contribution >= 0.6 is 0 Å². The molecule has 1 aromatic heterocycles. The lowest BCUT2D eigenvalue weighted by Crippen LogP contribution is -2.37. The summed E-state index contributed by atoms with van der Waals surface area (Å²) >= 11 is 0. The van der Waals surface area contributed by atoms with Crippen LogP contribution in [0.4, 0.5) is 0 Å². The van der Waals surface area contributed by atoms with E-state index in [2.05, 4.69) is 20.5 Å². The van der Waals surface area contributed by atoms with Crippen molar-refractivity contribution >= 4 is 9.84 Å². The van der Waals surface area contributed by atoms with Crippen molar-refractivity contribution in [1.29, 1.82) is 0 Å². The van der Waals surface area contributed by atoms with E-state index in [0.29, 0.717) is 30.9 Å². The first kappa shape index (κ1) is 10.6. The second kappa shape index (κ2) is 4.28. The minimum Gasteiger partial charge on any atom is -0.307 e. The Kier molecular flexibility index (Phi) is 3.01. The fourth-order valence-corrected chi connectivity index (χ4v) is 3.14. The Morgan fingerprint density at radius 2 is 2.20 bits per heavy atom. The topological polar surface area (TPSA) is 87.7 Å². The third-order valence-electron chi connectivity index (χ3n) is 2.58. The monoisotopic (exact) mass is 230 g/mol. The fraction of sp³-hybridized carbons (Fsp3) is 0.750. The van der Waals surface area contributed by atoms with Gasteiger partial charge in [0.05, 0.1) is 18.1 Å². The first-order chi connectivity index (χ1) is 7.16. The Morgan fingerprint density at radius 3 is 2.80 bits per heavy atom. The molecule has 2 heterocycles. The van der Waals surface area contributed by atoms with Crippen molar-refractivity contribution in [3.63, 3.8) is 0 Å². The molecule has 0 atom stereocenters. The second-order valence-corrected chi connectivity index (χ2v) is 6.04. The van der Waals surface area contributed by atoms with E-state index in [4.69, 9.17) is 0 Å². The summed E-state index contributed by atoms with van der Waals surface area (Å²) in [6.07, 6.45) is 2.84. The molecule has 1 aromatic rings. The van der Waals surface area contributed by atoms with Gasteiger partial charge in [-0.15, -0.1) is 0 Å². The van der Waals surface area contributed by atoms with Gasteiger partial charge in [-0.3, -0.25) is 5.10 Å². The maximum absolute atomic E-state index is 11.2. The highest BCUT2D eigenvalue weighted by Gasteiger charge is 2.23. The van der Waals surface area contributed by atoms with Gasteiger partial charge in [0.1, 0.15) is 22.0 Å². The molecule has 6 nitrogen and oxygen atoms in total. The zero-order valence-electron chi connectivity index (χ0n) is 8.31. The van der Waals surface area contributed by atoms with Gasteiger partial charge < -0.3 is 5.32 Å². The quantitative estimate of drug-likeness (QED) is 0.729. The third-order valence-corrected chi connectivity index (χ3v) is 4.29. The van der Waals surface area contributed by atoms with Gasteiger partial charge in [-0.2, -0.15) is 5.10 Å². The van der Waals surface area contributed by atoms with Crippen LogP contribution in [0.5, 0.6) is 0 Å². The Bertz CT molecular complexity index is 386. The van der Waals surface area contributed by atoms with Crippen LogP contribution < -0.4 is 5.32 Å². The Labute approximate surface area is 88.4 Å². The molecule has 0 saturated carbocycles. The minimum atomic E-state index is -2.76. The lowest BCUT2D eigenvalue weighted by atomic mass is 10.1. The molecule has 2 rings (SSSR count). The molecule has 0 aliphatic carbocycles. The molecule has 0 unspecified atom stereocenters. The summed E-state index contributed by atoms with van der Waals surface area (Å²) in [7, 11) is -2.76. The summed E-state index contributed by atoms with van der Waals surface area (Å²) < 4.78 is 22.3. The average molecular weight is 230 g/mol. The van der Waals surface area contributed by atoms with Crippen LogP contribution in [-0.2, 0) is 16.4 Å². The SMILES string of the molecule is O=S1(=O)CCC(NCc2ncn[nH]2)CC1. The molecule has 7 heteroatoms. The number of nitrogens with one attached hydrogen (secondary N) is 2. The van der Waals surface area contributed by atoms with Crippen molar-refractivity contribution < 1.29 is 8.42 Å². The molecular weight excluding hydrogens is 216 g/mol. The van der Waals surface area contributed by atoms with Gasteiger partial charge in [0.15, 0.2) is 0 Å². The zero-order valence-corrected chi connectivity index (χ0v) is 9.13. The first-order valence-electron chi connectivity index (χ1n) is 4.94. The average Bonchev–Trinajstić information content (AvgIpc) is 2.69. The van der Waals surface area contributed by atoms with Crippen molar-refractivity contribution in [1.82, 2.24) is 20.5 Å². The molecular formula is C8H14N4O2S. The lowest BCUT2D eigenvalue weighted by molar-refractivity contribution is 0.457. The van der Waals surface area contributed by atoms with Crippen LogP contribution in [0.25, 0.3) is 0 Å². The predicted octanol–water partition coefficient (Wildman–Crippen LogP) is -0.528. The number of nitrogens with zero attached hydrogens (tertiary/aromatic N) is 2. The first-order valence-corrected chi connectivity index (χ1v) is 6.76. The van der Waals surface area contributed by atoms with E-state index in [9.17, 15) is 8.42 Å². The normalized spacial score (nSPS) is 21.6. The number of rotatable bonds is 3. The van der Waals surface area contributed by atoms with Crippen molar-refractivity contribution in [2.75, 3.05) is 11.5 Å². The molecule has 0 spiro atoms. The van der Waals surface area contributed by atoms with Gasteiger partial charge in [-0.25, -0.2) is 13.4 Å². The molecule has 0 amide bonds. The van der Waals surface area contributed by atoms with Crippen LogP contribution in [0.1, 0.15) is 18.7 Å². The summed E-state index contributed by atoms with van der Waals surface area (Å²) in [5.41, 5.74) is 0. The summed E-state index contributed by atoms with van der Waals surface area (Å²) in [5.74, 6) is 1.37. The highest BCUT2D eigenvalue weighted by Crippen LogP contribution is 2.12. The van der Waals surface area contributed by atoms with Crippen molar-refractivity contribution in [2.45, 2.75) is 25.4 Å². The molecule has 1 saturated heterocycles. The van der Waals surface area contributed by atoms with Gasteiger partial charge in [-0.1, -0.05) is 0 Å². The largest absolute Gasteiger partial charge is 0.307 e. The van der Waals surface area contributed by atoms with Gasteiger partial charge in [0.25, 0.3) is 0 Å². The molecule has 15 heavy (non-hydrogen) atoms. The third kappa shape index (κ3) is 3.00. The molecule has 0 aromatic carbocycles. The van der Waals surface area contributed by atoms with Gasteiger partial charge in [-0.05, 0) is 12.8 Å². The van der Waals surface area contributed by atoms with Gasteiger partial charge >= 0.3 is 0 Å². The van der Waals surface area contributed by atoms with E-state index in [0.717, 1.165) is 5.82 Å². The molecule has 0 bridgehead atoms. The minimum absolute atomic E-state index is 0.277. The number of H-pyrrole nitrogens is 1. The van der Waals surface area contributed by atoms with E-state index >= 15 is 0 Å². The Morgan fingerprint density at radius 1 is 1.47 bits per heavy atom. The highest BCUT2D eigenvalue weighted by molar-refractivity contribution is 7.91. The standard InChI is InChI=1S/C8H14N4O2S/c13-15(14)3-1-7(2-4-15)9-5-8-10-6-11-12-8/h6-7,9H,1-5H2,(H,10,11,12). The van der Waals surface area contributed by atoms with Crippen LogP contribution in [0.15, 0.2) is 6.33 Å². The summed E-state index contributed by atoms with van der Waals surface area (Å²) in [5, 5.41) is 9.75. The van der Waals surface area contributed by atoms with E-state index in [1.165, 1.54) is 6.33 Å². The number of aromatic nitrogens is 3. The second-order valence-electron chi connectivity index (χ2n) is 3.74. The summed E-state index contributed by atoms with van der Waals surface area (Å²) in [4.78, 5) is 3.98. The van der Waals surface area contributed by atoms with Crippen molar-refractivity contribution in [3.8, 4) is 0 Å². The Balaban J connectivity index is 1.78. The van der Waals surface area contributed by atoms with Gasteiger partial charge in [0, 0.05) is 6.04 Å². The predicted molar refractivity (Wildman–Crippen MR) is 54.9 cm³/mol. The van der Waals surface area contributed by atoms with E-state index in [1.54, 1.807) is 0 Å². The number of hydrogen-bond donors (Lipinski definition) is 2. The van der Waals surface area contributed by atoms with E-state index in [-0.39, 0.29) is 6.04 Å². The number of sulfone groups is 1. The summed E-state index contributed by atoms with van der Waals surface area (Å²) in [6, 6.07) is 0.277. The van der Waals surface area contributed by atoms with Gasteiger partial charge in [0.2, 0.25) is 0 Å². The zero-order chi connectivity index (χ0) is 10.7. The van der Waals surface area contributed by atoms with Crippen molar-refractivity contribution in [3.05, 3.63) is 12.2 Å². The Hall–Kier alpha value is -0.950. The maximum Gasteiger partial charge on any atom is 0.150 e. The van der Waals surface area contributed by atoms with Crippen LogP contribution in [0, 0.1) is 0 Å². The molecule has 2 N–H and O–H groups in total. The van der Waals surface area contributed by atoms with Crippen LogP contribution in [0.3, 0.4) is 0 Å². The molecule has 1 aliphatic rings. The number of aromatic amines is 1. The molecule has 1 aliphatic heterocycles. The molecule has 0 radical (unpaired) electrons. The van der Waals surface area contributed by atoms with Crippen LogP contribution in [0.2, 0.25) is 0 Å². The van der Waals surface area contributed by atoms with Crippen molar-refractivity contribution in [2.24, 2.45) is 0 Å². The smallest absolute Gasteiger partial charge is 0.150 e. The highest BCUT2D eigenvalue weighted by atomic mass is 32.2. The van der Waals surface area contributed by atoms with E-state index in [1.807, 2.05) is 0 Å². The van der Waals surface area contributed by atoms with E-state index < -0.39 is 9.84 Å². The van der Waals surface area contributed by atoms with Crippen LogP contribution in [-0.4, -0.2) is 41.1 Å². The lowest BCUT2D eigenvalue weighted by Gasteiger charge is -2.22. The summed E-state index contributed by atoms with van der Waals surface area (Å²) in [6.45, 7) is 0.616.